The summed E-state index contributed by atoms with van der Waals surface area (Å²) >= 11 is 0. The van der Waals surface area contributed by atoms with E-state index in [1.807, 2.05) is 13.8 Å². The van der Waals surface area contributed by atoms with Gasteiger partial charge in [-0.3, -0.25) is 0 Å². The molecule has 0 aromatic heterocycles. The number of urea groups is 1. The summed E-state index contributed by atoms with van der Waals surface area (Å²) < 4.78 is 25.9. The first-order valence-corrected chi connectivity index (χ1v) is 6.90. The van der Waals surface area contributed by atoms with Crippen LogP contribution in [0.4, 0.5) is 13.6 Å². The number of halogens is 2. The van der Waals surface area contributed by atoms with E-state index in [1.54, 1.807) is 6.92 Å². The quantitative estimate of drug-likeness (QED) is 0.754. The molecule has 2 amide bonds. The van der Waals surface area contributed by atoms with Crippen molar-refractivity contribution in [1.82, 2.24) is 10.6 Å². The van der Waals surface area contributed by atoms with Gasteiger partial charge in [0, 0.05) is 19.2 Å². The molecule has 6 heteroatoms. The molecule has 1 unspecified atom stereocenters. The van der Waals surface area contributed by atoms with Crippen molar-refractivity contribution in [3.8, 4) is 0 Å². The Balaban J connectivity index is 2.34. The number of amides is 2. The molecule has 0 aliphatic heterocycles. The smallest absolute Gasteiger partial charge is 0.314 e. The highest BCUT2D eigenvalue weighted by Crippen LogP contribution is 2.14. The highest BCUT2D eigenvalue weighted by atomic mass is 19.1. The summed E-state index contributed by atoms with van der Waals surface area (Å²) in [5, 5.41) is 15.1. The molecule has 1 aromatic carbocycles. The van der Waals surface area contributed by atoms with Crippen molar-refractivity contribution in [3.63, 3.8) is 0 Å². The summed E-state index contributed by atoms with van der Waals surface area (Å²) in [6.07, 6.45) is 0.322. The van der Waals surface area contributed by atoms with Gasteiger partial charge in [-0.25, -0.2) is 13.6 Å². The van der Waals surface area contributed by atoms with Crippen molar-refractivity contribution in [2.24, 2.45) is 5.92 Å². The topological polar surface area (TPSA) is 61.4 Å². The number of rotatable bonds is 6. The fourth-order valence-corrected chi connectivity index (χ4v) is 1.60. The molecule has 1 atom stereocenters. The Morgan fingerprint density at radius 1 is 1.24 bits per heavy atom. The maximum absolute atomic E-state index is 13.0. The summed E-state index contributed by atoms with van der Waals surface area (Å²) in [6.45, 7) is 5.74. The molecule has 3 N–H and O–H groups in total. The van der Waals surface area contributed by atoms with Crippen LogP contribution in [0.25, 0.3) is 0 Å². The minimum atomic E-state index is -0.983. The fraction of sp³-hybridized carbons (Fsp3) is 0.533. The Bertz CT molecular complexity index is 470. The molecular formula is C15H22F2N2O2. The van der Waals surface area contributed by atoms with Gasteiger partial charge in [-0.1, -0.05) is 13.8 Å². The summed E-state index contributed by atoms with van der Waals surface area (Å²) in [5.41, 5.74) is -0.509. The summed E-state index contributed by atoms with van der Waals surface area (Å²) in [6, 6.07) is 2.84. The van der Waals surface area contributed by atoms with E-state index in [9.17, 15) is 18.7 Å². The lowest BCUT2D eigenvalue weighted by Gasteiger charge is -2.27. The van der Waals surface area contributed by atoms with Gasteiger partial charge in [0.15, 0.2) is 0 Å². The second-order valence-electron chi connectivity index (χ2n) is 5.65. The number of hydrogen-bond acceptors (Lipinski definition) is 2. The summed E-state index contributed by atoms with van der Waals surface area (Å²) in [7, 11) is 0. The SMILES string of the molecule is CC(C)C(C)(O)CNC(=O)NCCc1cc(F)cc(F)c1. The van der Waals surface area contributed by atoms with E-state index in [4.69, 9.17) is 0 Å². The Morgan fingerprint density at radius 2 is 1.81 bits per heavy atom. The van der Waals surface area contributed by atoms with Crippen molar-refractivity contribution in [2.75, 3.05) is 13.1 Å². The molecule has 0 fully saturated rings. The number of carbonyl (C=O) groups excluding carboxylic acids is 1. The highest BCUT2D eigenvalue weighted by Gasteiger charge is 2.25. The van der Waals surface area contributed by atoms with Crippen LogP contribution in [0.15, 0.2) is 18.2 Å². The third-order valence-electron chi connectivity index (χ3n) is 3.47. The molecule has 0 bridgehead atoms. The first kappa shape index (κ1) is 17.4. The molecule has 0 heterocycles. The number of nitrogens with one attached hydrogen (secondary N) is 2. The van der Waals surface area contributed by atoms with Crippen LogP contribution in [-0.2, 0) is 6.42 Å². The van der Waals surface area contributed by atoms with Gasteiger partial charge >= 0.3 is 6.03 Å². The predicted molar refractivity (Wildman–Crippen MR) is 76.9 cm³/mol. The van der Waals surface area contributed by atoms with Crippen LogP contribution in [0.5, 0.6) is 0 Å². The predicted octanol–water partition coefficient (Wildman–Crippen LogP) is 2.21. The Labute approximate surface area is 123 Å². The number of hydrogen-bond donors (Lipinski definition) is 3. The van der Waals surface area contributed by atoms with E-state index >= 15 is 0 Å². The second-order valence-corrected chi connectivity index (χ2v) is 5.65. The highest BCUT2D eigenvalue weighted by molar-refractivity contribution is 5.73. The minimum absolute atomic E-state index is 0.00747. The molecule has 4 nitrogen and oxygen atoms in total. The Kier molecular flexibility index (Phi) is 6.08. The molecule has 21 heavy (non-hydrogen) atoms. The molecule has 0 aliphatic rings. The van der Waals surface area contributed by atoms with Crippen LogP contribution in [0.2, 0.25) is 0 Å². The van der Waals surface area contributed by atoms with Crippen LogP contribution in [0.1, 0.15) is 26.3 Å². The lowest BCUT2D eigenvalue weighted by atomic mass is 9.93. The zero-order chi connectivity index (χ0) is 16.0. The van der Waals surface area contributed by atoms with Crippen LogP contribution in [-0.4, -0.2) is 29.8 Å². The molecule has 0 saturated heterocycles. The number of aliphatic hydroxyl groups is 1. The maximum atomic E-state index is 13.0. The standard InChI is InChI=1S/C15H22F2N2O2/c1-10(2)15(3,21)9-19-14(20)18-5-4-11-6-12(16)8-13(17)7-11/h6-8,10,21H,4-5,9H2,1-3H3,(H2,18,19,20). The van der Waals surface area contributed by atoms with Crippen molar-refractivity contribution < 1.29 is 18.7 Å². The fourth-order valence-electron chi connectivity index (χ4n) is 1.60. The molecule has 0 saturated carbocycles. The van der Waals surface area contributed by atoms with Gasteiger partial charge in [-0.2, -0.15) is 0 Å². The lowest BCUT2D eigenvalue weighted by molar-refractivity contribution is 0.0166. The van der Waals surface area contributed by atoms with E-state index in [1.165, 1.54) is 12.1 Å². The monoisotopic (exact) mass is 300 g/mol. The molecule has 1 rings (SSSR count). The van der Waals surface area contributed by atoms with Crippen molar-refractivity contribution in [2.45, 2.75) is 32.8 Å². The maximum Gasteiger partial charge on any atom is 0.314 e. The molecular weight excluding hydrogens is 278 g/mol. The average Bonchev–Trinajstić information content (AvgIpc) is 2.35. The third-order valence-corrected chi connectivity index (χ3v) is 3.47. The largest absolute Gasteiger partial charge is 0.388 e. The summed E-state index contributed by atoms with van der Waals surface area (Å²) in [5.74, 6) is -1.27. The molecule has 0 aliphatic carbocycles. The number of carbonyl (C=O) groups is 1. The van der Waals surface area contributed by atoms with Crippen LogP contribution < -0.4 is 10.6 Å². The third kappa shape index (κ3) is 6.08. The van der Waals surface area contributed by atoms with Crippen LogP contribution in [0.3, 0.4) is 0 Å². The number of benzene rings is 1. The Hall–Kier alpha value is -1.69. The molecule has 0 spiro atoms. The zero-order valence-corrected chi connectivity index (χ0v) is 12.5. The van der Waals surface area contributed by atoms with Gasteiger partial charge < -0.3 is 15.7 Å². The van der Waals surface area contributed by atoms with E-state index in [2.05, 4.69) is 10.6 Å². The van der Waals surface area contributed by atoms with Crippen LogP contribution >= 0.6 is 0 Å². The van der Waals surface area contributed by atoms with Crippen molar-refractivity contribution >= 4 is 6.03 Å². The minimum Gasteiger partial charge on any atom is -0.388 e. The van der Waals surface area contributed by atoms with E-state index in [0.717, 1.165) is 6.07 Å². The van der Waals surface area contributed by atoms with E-state index in [0.29, 0.717) is 12.0 Å². The van der Waals surface area contributed by atoms with E-state index < -0.39 is 23.3 Å². The van der Waals surface area contributed by atoms with Gasteiger partial charge in [0.05, 0.1) is 5.60 Å². The van der Waals surface area contributed by atoms with Crippen LogP contribution in [0, 0.1) is 17.6 Å². The average molecular weight is 300 g/mol. The molecule has 1 aromatic rings. The lowest BCUT2D eigenvalue weighted by Crippen LogP contribution is -2.47. The van der Waals surface area contributed by atoms with Crippen molar-refractivity contribution in [1.29, 1.82) is 0 Å². The second kappa shape index (κ2) is 7.36. The van der Waals surface area contributed by atoms with E-state index in [-0.39, 0.29) is 19.0 Å². The first-order valence-electron chi connectivity index (χ1n) is 6.90. The molecule has 118 valence electrons. The first-order chi connectivity index (χ1) is 9.70. The van der Waals surface area contributed by atoms with Gasteiger partial charge in [-0.05, 0) is 37.0 Å². The van der Waals surface area contributed by atoms with Crippen molar-refractivity contribution in [3.05, 3.63) is 35.4 Å². The zero-order valence-electron chi connectivity index (χ0n) is 12.5. The normalized spacial score (nSPS) is 13.9. The van der Waals surface area contributed by atoms with Gasteiger partial charge in [0.1, 0.15) is 11.6 Å². The Morgan fingerprint density at radius 3 is 2.33 bits per heavy atom. The van der Waals surface area contributed by atoms with Gasteiger partial charge in [0.2, 0.25) is 0 Å². The van der Waals surface area contributed by atoms with Gasteiger partial charge in [0.25, 0.3) is 0 Å². The van der Waals surface area contributed by atoms with Gasteiger partial charge in [-0.15, -0.1) is 0 Å². The summed E-state index contributed by atoms with van der Waals surface area (Å²) in [4.78, 5) is 11.6. The molecule has 0 radical (unpaired) electrons.